The Labute approximate surface area is 183 Å². The van der Waals surface area contributed by atoms with Crippen molar-refractivity contribution in [1.29, 1.82) is 0 Å². The number of amides is 2. The molecule has 1 aromatic carbocycles. The van der Waals surface area contributed by atoms with Crippen LogP contribution in [-0.2, 0) is 9.53 Å². The predicted octanol–water partition coefficient (Wildman–Crippen LogP) is 4.60. The lowest BCUT2D eigenvalue weighted by molar-refractivity contribution is -0.140. The van der Waals surface area contributed by atoms with Crippen molar-refractivity contribution in [1.82, 2.24) is 10.6 Å². The van der Waals surface area contributed by atoms with E-state index in [9.17, 15) is 9.59 Å². The average molecular weight is 439 g/mol. The van der Waals surface area contributed by atoms with Gasteiger partial charge in [0.25, 0.3) is 0 Å². The summed E-state index contributed by atoms with van der Waals surface area (Å²) in [6.07, 6.45) is 0. The zero-order valence-corrected chi connectivity index (χ0v) is 19.2. The van der Waals surface area contributed by atoms with E-state index < -0.39 is 18.0 Å². The molecule has 2 N–H and O–H groups in total. The largest absolute Gasteiger partial charge is 0.490 e. The lowest BCUT2D eigenvalue weighted by Crippen LogP contribution is -2.45. The van der Waals surface area contributed by atoms with Crippen LogP contribution < -0.4 is 20.1 Å². The number of rotatable bonds is 9. The Morgan fingerprint density at radius 1 is 1.13 bits per heavy atom. The number of esters is 1. The molecule has 0 spiro atoms. The molecule has 0 aromatic heterocycles. The molecule has 0 radical (unpaired) electrons. The summed E-state index contributed by atoms with van der Waals surface area (Å²) in [5.74, 6) is 0.914. The molecular formula is C22H31ClN2O5. The van der Waals surface area contributed by atoms with Crippen LogP contribution in [0.5, 0.6) is 11.5 Å². The summed E-state index contributed by atoms with van der Waals surface area (Å²) >= 11 is 6.51. The van der Waals surface area contributed by atoms with Gasteiger partial charge in [0.15, 0.2) is 11.5 Å². The highest BCUT2D eigenvalue weighted by molar-refractivity contribution is 6.32. The predicted molar refractivity (Wildman–Crippen MR) is 116 cm³/mol. The zero-order valence-electron chi connectivity index (χ0n) is 18.4. The molecule has 0 aliphatic carbocycles. The summed E-state index contributed by atoms with van der Waals surface area (Å²) in [5.41, 5.74) is 1.36. The maximum absolute atomic E-state index is 12.8. The molecule has 0 saturated carbocycles. The van der Waals surface area contributed by atoms with Gasteiger partial charge >= 0.3 is 12.0 Å². The second kappa shape index (κ2) is 10.6. The third-order valence-electron chi connectivity index (χ3n) is 4.26. The smallest absolute Gasteiger partial charge is 0.338 e. The van der Waals surface area contributed by atoms with Crippen LogP contribution in [-0.4, -0.2) is 31.8 Å². The number of hydrogen-bond acceptors (Lipinski definition) is 5. The first-order valence-electron chi connectivity index (χ1n) is 10.2. The third-order valence-corrected chi connectivity index (χ3v) is 4.54. The molecule has 7 nitrogen and oxygen atoms in total. The van der Waals surface area contributed by atoms with Crippen LogP contribution in [0.3, 0.4) is 0 Å². The molecule has 1 unspecified atom stereocenters. The Kier molecular flexibility index (Phi) is 8.41. The van der Waals surface area contributed by atoms with E-state index in [1.165, 1.54) is 0 Å². The van der Waals surface area contributed by atoms with Gasteiger partial charge in [-0.1, -0.05) is 39.3 Å². The molecule has 2 amide bonds. The summed E-state index contributed by atoms with van der Waals surface area (Å²) in [5, 5.41) is 5.76. The van der Waals surface area contributed by atoms with E-state index in [1.807, 2.05) is 34.6 Å². The zero-order chi connectivity index (χ0) is 22.4. The monoisotopic (exact) mass is 438 g/mol. The van der Waals surface area contributed by atoms with Gasteiger partial charge in [0.2, 0.25) is 0 Å². The number of carbonyl (C=O) groups excluding carboxylic acids is 2. The van der Waals surface area contributed by atoms with Crippen molar-refractivity contribution < 1.29 is 23.8 Å². The van der Waals surface area contributed by atoms with Gasteiger partial charge in [-0.05, 0) is 43.4 Å². The Balaban J connectivity index is 2.46. The van der Waals surface area contributed by atoms with Gasteiger partial charge in [0.05, 0.1) is 36.5 Å². The van der Waals surface area contributed by atoms with E-state index in [2.05, 4.69) is 10.6 Å². The summed E-state index contributed by atoms with van der Waals surface area (Å²) in [7, 11) is 0. The molecule has 0 bridgehead atoms. The van der Waals surface area contributed by atoms with Crippen LogP contribution in [0.25, 0.3) is 0 Å². The lowest BCUT2D eigenvalue weighted by Gasteiger charge is -2.29. The Hall–Kier alpha value is -2.41. The lowest BCUT2D eigenvalue weighted by atomic mass is 9.95. The van der Waals surface area contributed by atoms with Crippen LogP contribution >= 0.6 is 11.6 Å². The Morgan fingerprint density at radius 3 is 2.40 bits per heavy atom. The minimum absolute atomic E-state index is 0.191. The SMILES string of the molecule is CCOc1cc(C2NC(=O)NC(C)=C2C(=O)OCC(C)C)cc(Cl)c1OCC(C)C. The van der Waals surface area contributed by atoms with Gasteiger partial charge in [0, 0.05) is 5.70 Å². The van der Waals surface area contributed by atoms with Gasteiger partial charge in [-0.15, -0.1) is 0 Å². The quantitative estimate of drug-likeness (QED) is 0.550. The number of hydrogen-bond donors (Lipinski definition) is 2. The second-order valence-corrected chi connectivity index (χ2v) is 8.44. The second-order valence-electron chi connectivity index (χ2n) is 8.03. The highest BCUT2D eigenvalue weighted by Gasteiger charge is 2.33. The highest BCUT2D eigenvalue weighted by atomic mass is 35.5. The number of allylic oxidation sites excluding steroid dienone is 1. The van der Waals surface area contributed by atoms with Crippen LogP contribution in [0.15, 0.2) is 23.4 Å². The molecular weight excluding hydrogens is 408 g/mol. The first-order chi connectivity index (χ1) is 14.1. The van der Waals surface area contributed by atoms with Crippen molar-refractivity contribution in [3.05, 3.63) is 34.0 Å². The van der Waals surface area contributed by atoms with E-state index in [4.69, 9.17) is 25.8 Å². The maximum atomic E-state index is 12.8. The molecule has 1 aliphatic heterocycles. The van der Waals surface area contributed by atoms with Crippen molar-refractivity contribution in [2.75, 3.05) is 19.8 Å². The van der Waals surface area contributed by atoms with E-state index >= 15 is 0 Å². The van der Waals surface area contributed by atoms with Gasteiger partial charge in [0.1, 0.15) is 0 Å². The molecule has 1 heterocycles. The molecule has 0 saturated heterocycles. The molecule has 2 rings (SSSR count). The van der Waals surface area contributed by atoms with Gasteiger partial charge in [-0.25, -0.2) is 9.59 Å². The first-order valence-corrected chi connectivity index (χ1v) is 10.6. The first kappa shape index (κ1) is 23.9. The van der Waals surface area contributed by atoms with Crippen molar-refractivity contribution in [2.24, 2.45) is 11.8 Å². The summed E-state index contributed by atoms with van der Waals surface area (Å²) < 4.78 is 17.0. The van der Waals surface area contributed by atoms with Crippen LogP contribution in [0, 0.1) is 11.8 Å². The molecule has 1 aromatic rings. The highest BCUT2D eigenvalue weighted by Crippen LogP contribution is 2.40. The maximum Gasteiger partial charge on any atom is 0.338 e. The van der Waals surface area contributed by atoms with E-state index in [0.29, 0.717) is 52.5 Å². The van der Waals surface area contributed by atoms with Crippen molar-refractivity contribution in [3.63, 3.8) is 0 Å². The summed E-state index contributed by atoms with van der Waals surface area (Å²) in [6.45, 7) is 12.7. The van der Waals surface area contributed by atoms with Crippen LogP contribution in [0.1, 0.15) is 53.1 Å². The third kappa shape index (κ3) is 6.05. The molecule has 1 aliphatic rings. The topological polar surface area (TPSA) is 85.9 Å². The van der Waals surface area contributed by atoms with E-state index in [-0.39, 0.29) is 12.5 Å². The van der Waals surface area contributed by atoms with Gasteiger partial charge in [-0.2, -0.15) is 0 Å². The molecule has 30 heavy (non-hydrogen) atoms. The van der Waals surface area contributed by atoms with Crippen LogP contribution in [0.2, 0.25) is 5.02 Å². The Morgan fingerprint density at radius 2 is 1.80 bits per heavy atom. The molecule has 166 valence electrons. The minimum Gasteiger partial charge on any atom is -0.490 e. The molecule has 8 heteroatoms. The van der Waals surface area contributed by atoms with Crippen LogP contribution in [0.4, 0.5) is 4.79 Å². The van der Waals surface area contributed by atoms with Crippen molar-refractivity contribution in [2.45, 2.75) is 47.6 Å². The van der Waals surface area contributed by atoms with E-state index in [1.54, 1.807) is 19.1 Å². The van der Waals surface area contributed by atoms with Crippen molar-refractivity contribution in [3.8, 4) is 11.5 Å². The number of urea groups is 1. The average Bonchev–Trinajstić information content (AvgIpc) is 2.64. The number of halogens is 1. The molecule has 0 fully saturated rings. The van der Waals surface area contributed by atoms with E-state index in [0.717, 1.165) is 0 Å². The summed E-state index contributed by atoms with van der Waals surface area (Å²) in [6, 6.07) is 2.28. The fourth-order valence-corrected chi connectivity index (χ4v) is 3.22. The number of nitrogens with one attached hydrogen (secondary N) is 2. The minimum atomic E-state index is -0.728. The number of carbonyl (C=O) groups is 2. The number of benzene rings is 1. The van der Waals surface area contributed by atoms with Gasteiger partial charge in [-0.3, -0.25) is 0 Å². The normalized spacial score (nSPS) is 16.4. The standard InChI is InChI=1S/C22H31ClN2O5/c1-7-28-17-9-15(8-16(23)20(17)29-10-12(2)3)19-18(14(6)24-22(27)25-19)21(26)30-11-13(4)5/h8-9,12-13,19H,7,10-11H2,1-6H3,(H2,24,25,27). The fraction of sp³-hybridized carbons (Fsp3) is 0.545. The van der Waals surface area contributed by atoms with Crippen molar-refractivity contribution >= 4 is 23.6 Å². The van der Waals surface area contributed by atoms with Gasteiger partial charge < -0.3 is 24.8 Å². The number of ether oxygens (including phenoxy) is 3. The fourth-order valence-electron chi connectivity index (χ4n) is 2.94. The molecule has 1 atom stereocenters. The summed E-state index contributed by atoms with van der Waals surface area (Å²) in [4.78, 5) is 24.9. The Bertz CT molecular complexity index is 820.